The van der Waals surface area contributed by atoms with Crippen molar-refractivity contribution >= 4 is 17.5 Å². The molecule has 0 fully saturated rings. The second kappa shape index (κ2) is 8.20. The minimum absolute atomic E-state index is 0.0938. The van der Waals surface area contributed by atoms with Gasteiger partial charge in [-0.1, -0.05) is 34.9 Å². The van der Waals surface area contributed by atoms with Gasteiger partial charge in [0.1, 0.15) is 11.5 Å². The SMILES string of the molecule is CCOc1ccc([C@@H]2C[C@H](c3ccc(OC(F)F)cc3)n3nnnc3N2)cc1Cl. The van der Waals surface area contributed by atoms with Crippen LogP contribution in [0, 0.1) is 0 Å². The molecule has 0 radical (unpaired) electrons. The van der Waals surface area contributed by atoms with E-state index in [1.807, 2.05) is 25.1 Å². The number of alkyl halides is 2. The lowest BCUT2D eigenvalue weighted by Gasteiger charge is -2.31. The lowest BCUT2D eigenvalue weighted by molar-refractivity contribution is -0.0498. The monoisotopic (exact) mass is 421 g/mol. The predicted octanol–water partition coefficient (Wildman–Crippen LogP) is 4.47. The lowest BCUT2D eigenvalue weighted by Crippen LogP contribution is -2.28. The molecule has 2 atom stereocenters. The molecular formula is C19H18ClF2N5O2. The quantitative estimate of drug-likeness (QED) is 0.633. The highest BCUT2D eigenvalue weighted by atomic mass is 35.5. The summed E-state index contributed by atoms with van der Waals surface area (Å²) in [4.78, 5) is 0. The third-order valence-corrected chi connectivity index (χ3v) is 4.99. The van der Waals surface area contributed by atoms with E-state index in [0.29, 0.717) is 29.7 Å². The van der Waals surface area contributed by atoms with Crippen LogP contribution in [-0.2, 0) is 0 Å². The van der Waals surface area contributed by atoms with E-state index >= 15 is 0 Å². The summed E-state index contributed by atoms with van der Waals surface area (Å²) in [7, 11) is 0. The van der Waals surface area contributed by atoms with Crippen LogP contribution < -0.4 is 14.8 Å². The largest absolute Gasteiger partial charge is 0.492 e. The first-order valence-electron chi connectivity index (χ1n) is 9.06. The van der Waals surface area contributed by atoms with Gasteiger partial charge in [-0.25, -0.2) is 4.68 Å². The Morgan fingerprint density at radius 1 is 1.21 bits per heavy atom. The highest BCUT2D eigenvalue weighted by molar-refractivity contribution is 6.32. The molecule has 0 saturated heterocycles. The molecule has 2 aromatic carbocycles. The average molecular weight is 422 g/mol. The zero-order chi connectivity index (χ0) is 20.4. The molecule has 0 amide bonds. The Kier molecular flexibility index (Phi) is 5.48. The number of hydrogen-bond acceptors (Lipinski definition) is 6. The molecule has 1 N–H and O–H groups in total. The molecule has 152 valence electrons. The van der Waals surface area contributed by atoms with Crippen LogP contribution in [0.2, 0.25) is 5.02 Å². The molecule has 10 heteroatoms. The molecule has 0 bridgehead atoms. The number of tetrazole rings is 1. The summed E-state index contributed by atoms with van der Waals surface area (Å²) < 4.78 is 36.4. The molecule has 0 aliphatic carbocycles. The van der Waals surface area contributed by atoms with Crippen molar-refractivity contribution in [2.75, 3.05) is 11.9 Å². The minimum Gasteiger partial charge on any atom is -0.492 e. The zero-order valence-electron chi connectivity index (χ0n) is 15.4. The number of anilines is 1. The van der Waals surface area contributed by atoms with E-state index in [0.717, 1.165) is 11.1 Å². The summed E-state index contributed by atoms with van der Waals surface area (Å²) in [5.41, 5.74) is 1.85. The fraction of sp³-hybridized carbons (Fsp3) is 0.316. The van der Waals surface area contributed by atoms with Crippen LogP contribution in [0.15, 0.2) is 42.5 Å². The topological polar surface area (TPSA) is 74.1 Å². The third kappa shape index (κ3) is 4.09. The summed E-state index contributed by atoms with van der Waals surface area (Å²) in [5, 5.41) is 15.7. The number of aromatic nitrogens is 4. The Bertz CT molecular complexity index is 983. The Labute approximate surface area is 170 Å². The number of benzene rings is 2. The van der Waals surface area contributed by atoms with Gasteiger partial charge in [0.25, 0.3) is 0 Å². The Morgan fingerprint density at radius 2 is 1.97 bits per heavy atom. The summed E-state index contributed by atoms with van der Waals surface area (Å²) in [6, 6.07) is 11.9. The van der Waals surface area contributed by atoms with Gasteiger partial charge in [0, 0.05) is 0 Å². The molecule has 2 heterocycles. The minimum atomic E-state index is -2.86. The van der Waals surface area contributed by atoms with Crippen LogP contribution in [0.1, 0.15) is 36.6 Å². The standard InChI is InChI=1S/C19H18ClF2N5O2/c1-2-28-17-8-5-12(9-14(17)20)15-10-16(27-19(23-15)24-25-26-27)11-3-6-13(7-4-11)29-18(21)22/h3-9,15-16,18H,2,10H2,1H3,(H,23,24,26)/t15-,16+/m0/s1. The normalized spacial score (nSPS) is 18.2. The number of hydrogen-bond donors (Lipinski definition) is 1. The molecule has 0 saturated carbocycles. The zero-order valence-corrected chi connectivity index (χ0v) is 16.2. The maximum absolute atomic E-state index is 12.4. The van der Waals surface area contributed by atoms with Crippen LogP contribution in [-0.4, -0.2) is 33.4 Å². The number of nitrogens with zero attached hydrogens (tertiary/aromatic N) is 4. The van der Waals surface area contributed by atoms with Gasteiger partial charge in [0.05, 0.1) is 23.7 Å². The highest BCUT2D eigenvalue weighted by Gasteiger charge is 2.31. The van der Waals surface area contributed by atoms with E-state index in [1.54, 1.807) is 16.8 Å². The van der Waals surface area contributed by atoms with Gasteiger partial charge in [0.2, 0.25) is 5.95 Å². The molecule has 29 heavy (non-hydrogen) atoms. The van der Waals surface area contributed by atoms with E-state index in [1.165, 1.54) is 12.1 Å². The second-order valence-electron chi connectivity index (χ2n) is 6.47. The molecule has 1 aliphatic rings. The lowest BCUT2D eigenvalue weighted by atomic mass is 9.93. The third-order valence-electron chi connectivity index (χ3n) is 4.70. The van der Waals surface area contributed by atoms with Crippen molar-refractivity contribution in [3.8, 4) is 11.5 Å². The van der Waals surface area contributed by atoms with Crippen molar-refractivity contribution in [2.24, 2.45) is 0 Å². The van der Waals surface area contributed by atoms with E-state index in [4.69, 9.17) is 16.3 Å². The van der Waals surface area contributed by atoms with Crippen LogP contribution in [0.25, 0.3) is 0 Å². The van der Waals surface area contributed by atoms with Gasteiger partial charge in [-0.3, -0.25) is 0 Å². The van der Waals surface area contributed by atoms with Crippen LogP contribution in [0.5, 0.6) is 11.5 Å². The number of halogens is 3. The van der Waals surface area contributed by atoms with Gasteiger partial charge < -0.3 is 14.8 Å². The molecule has 0 unspecified atom stereocenters. The smallest absolute Gasteiger partial charge is 0.387 e. The number of nitrogens with one attached hydrogen (secondary N) is 1. The van der Waals surface area contributed by atoms with Crippen molar-refractivity contribution in [2.45, 2.75) is 32.0 Å². The van der Waals surface area contributed by atoms with Gasteiger partial charge in [-0.2, -0.15) is 8.78 Å². The predicted molar refractivity (Wildman–Crippen MR) is 103 cm³/mol. The Morgan fingerprint density at radius 3 is 2.66 bits per heavy atom. The first kappa shape index (κ1) is 19.4. The van der Waals surface area contributed by atoms with Crippen LogP contribution in [0.4, 0.5) is 14.7 Å². The Hall–Kier alpha value is -2.94. The van der Waals surface area contributed by atoms with Crippen LogP contribution in [0.3, 0.4) is 0 Å². The fourth-order valence-corrected chi connectivity index (χ4v) is 3.65. The van der Waals surface area contributed by atoms with Crippen molar-refractivity contribution in [3.63, 3.8) is 0 Å². The molecule has 0 spiro atoms. The maximum Gasteiger partial charge on any atom is 0.387 e. The maximum atomic E-state index is 12.4. The van der Waals surface area contributed by atoms with Crippen molar-refractivity contribution in [1.29, 1.82) is 0 Å². The van der Waals surface area contributed by atoms with Crippen molar-refractivity contribution in [3.05, 3.63) is 58.6 Å². The fourth-order valence-electron chi connectivity index (χ4n) is 3.41. The first-order chi connectivity index (χ1) is 14.0. The van der Waals surface area contributed by atoms with Gasteiger partial charge in [-0.15, -0.1) is 0 Å². The van der Waals surface area contributed by atoms with E-state index in [2.05, 4.69) is 25.6 Å². The van der Waals surface area contributed by atoms with Gasteiger partial charge >= 0.3 is 6.61 Å². The average Bonchev–Trinajstić information content (AvgIpc) is 3.18. The second-order valence-corrected chi connectivity index (χ2v) is 6.87. The summed E-state index contributed by atoms with van der Waals surface area (Å²) in [5.74, 6) is 1.25. The number of fused-ring (bicyclic) bond motifs is 1. The number of rotatable bonds is 6. The molecule has 4 rings (SSSR count). The van der Waals surface area contributed by atoms with Crippen molar-refractivity contribution < 1.29 is 18.3 Å². The number of ether oxygens (including phenoxy) is 2. The molecule has 1 aromatic heterocycles. The molecule has 3 aromatic rings. The highest BCUT2D eigenvalue weighted by Crippen LogP contribution is 2.39. The molecule has 7 nitrogen and oxygen atoms in total. The van der Waals surface area contributed by atoms with Gasteiger partial charge in [-0.05, 0) is 59.2 Å². The van der Waals surface area contributed by atoms with Gasteiger partial charge in [0.15, 0.2) is 0 Å². The molecule has 1 aliphatic heterocycles. The summed E-state index contributed by atoms with van der Waals surface area (Å²) in [6.45, 7) is -0.433. The van der Waals surface area contributed by atoms with Crippen LogP contribution >= 0.6 is 11.6 Å². The van der Waals surface area contributed by atoms with E-state index < -0.39 is 6.61 Å². The van der Waals surface area contributed by atoms with E-state index in [-0.39, 0.29) is 17.8 Å². The summed E-state index contributed by atoms with van der Waals surface area (Å²) >= 11 is 6.35. The Balaban J connectivity index is 1.61. The van der Waals surface area contributed by atoms with E-state index in [9.17, 15) is 8.78 Å². The first-order valence-corrected chi connectivity index (χ1v) is 9.44. The molecular weight excluding hydrogens is 404 g/mol. The summed E-state index contributed by atoms with van der Waals surface area (Å²) in [6.07, 6.45) is 0.636. The van der Waals surface area contributed by atoms with Crippen molar-refractivity contribution in [1.82, 2.24) is 20.2 Å².